The molecule has 0 spiro atoms. The van der Waals surface area contributed by atoms with Crippen LogP contribution in [0.3, 0.4) is 0 Å². The van der Waals surface area contributed by atoms with Gasteiger partial charge in [0, 0.05) is 64.9 Å². The first kappa shape index (κ1) is 53.9. The molecule has 0 unspecified atom stereocenters. The van der Waals surface area contributed by atoms with E-state index in [1.165, 1.54) is 24.6 Å². The Kier molecular flexibility index (Phi) is 19.0. The maximum absolute atomic E-state index is 14.1. The minimum absolute atomic E-state index is 0.137. The van der Waals surface area contributed by atoms with Crippen LogP contribution in [0.25, 0.3) is 0 Å². The molecular formula is C39H60N2O19S3. The van der Waals surface area contributed by atoms with Crippen molar-refractivity contribution in [3.05, 3.63) is 0 Å². The zero-order chi connectivity index (χ0) is 47.8. The Morgan fingerprint density at radius 2 is 1.19 bits per heavy atom. The van der Waals surface area contributed by atoms with Gasteiger partial charge in [-0.1, -0.05) is 31.6 Å². The Morgan fingerprint density at radius 3 is 1.62 bits per heavy atom. The first-order chi connectivity index (χ1) is 29.1. The van der Waals surface area contributed by atoms with Crippen LogP contribution >= 0.6 is 33.3 Å². The molecule has 0 aromatic carbocycles. The fraction of sp³-hybridized carbons (Fsp3) is 0.795. The van der Waals surface area contributed by atoms with Crippen molar-refractivity contribution in [3.8, 4) is 0 Å². The molecule has 12 atom stereocenters. The fourth-order valence-electron chi connectivity index (χ4n) is 7.21. The molecule has 0 bridgehead atoms. The molecule has 0 saturated carbocycles. The second kappa shape index (κ2) is 22.2. The number of carbonyl (C=O) groups is 8. The average molecular weight is 957 g/mol. The van der Waals surface area contributed by atoms with E-state index >= 15 is 0 Å². The number of hydrogen-bond donors (Lipinski definition) is 3. The molecule has 63 heavy (non-hydrogen) atoms. The van der Waals surface area contributed by atoms with E-state index in [0.717, 1.165) is 52.7 Å². The zero-order valence-corrected chi connectivity index (χ0v) is 40.1. The van der Waals surface area contributed by atoms with Crippen LogP contribution in [0.15, 0.2) is 0 Å². The van der Waals surface area contributed by atoms with Gasteiger partial charge in [0.1, 0.15) is 36.6 Å². The highest BCUT2D eigenvalue weighted by atomic mass is 33.1. The van der Waals surface area contributed by atoms with Gasteiger partial charge >= 0.3 is 35.8 Å². The third kappa shape index (κ3) is 14.8. The third-order valence-corrected chi connectivity index (χ3v) is 14.7. The predicted octanol–water partition coefficient (Wildman–Crippen LogP) is 1.46. The van der Waals surface area contributed by atoms with Crippen molar-refractivity contribution < 1.29 is 90.8 Å². The van der Waals surface area contributed by atoms with Crippen molar-refractivity contribution in [3.63, 3.8) is 0 Å². The van der Waals surface area contributed by atoms with Gasteiger partial charge in [-0.2, -0.15) is 0 Å². The molecule has 3 N–H and O–H groups in total. The second-order valence-corrected chi connectivity index (χ2v) is 21.0. The Morgan fingerprint density at radius 1 is 0.714 bits per heavy atom. The van der Waals surface area contributed by atoms with E-state index in [2.05, 4.69) is 10.6 Å². The molecule has 21 nitrogen and oxygen atoms in total. The van der Waals surface area contributed by atoms with Gasteiger partial charge in [-0.25, -0.2) is 9.59 Å². The first-order valence-electron chi connectivity index (χ1n) is 19.8. The lowest BCUT2D eigenvalue weighted by molar-refractivity contribution is -0.225. The molecule has 3 heterocycles. The van der Waals surface area contributed by atoms with Crippen molar-refractivity contribution in [1.82, 2.24) is 10.6 Å². The maximum atomic E-state index is 14.1. The highest BCUT2D eigenvalue weighted by Crippen LogP contribution is 2.51. The Labute approximate surface area is 378 Å². The molecule has 0 aliphatic carbocycles. The summed E-state index contributed by atoms with van der Waals surface area (Å²) in [4.78, 5) is 99.6. The van der Waals surface area contributed by atoms with E-state index in [1.807, 2.05) is 20.8 Å². The van der Waals surface area contributed by atoms with E-state index in [4.69, 9.17) is 47.4 Å². The molecule has 358 valence electrons. The van der Waals surface area contributed by atoms with Gasteiger partial charge in [0.15, 0.2) is 18.0 Å². The standard InChI is InChI=1S/C39H60N2O19S3/c1-18(42)40-28-26(55-21(4)45)15-39(35(50)52-13,63-62-36(7,8)9)60-32(28)30(56-22(5)46)24(48)17-61-38(34(49)51-12)14-25(54-20(3)44)29(41-19(2)43)33(59-38)31(57-23(6)47)27-16-53-37(10,11)58-27/h24-33,48H,14-17H2,1-13H3,(H,40,42)(H,41,43)/t24-,25-,26-,27+,28+,29+,30-,31-,32+,33+,38-,39-/m0/s1. The van der Waals surface area contributed by atoms with Crippen LogP contribution in [0.1, 0.15) is 89.0 Å². The SMILES string of the molecule is COC(=O)[C@@]1(SC[C@H](O)[C@H](OC(C)=O)[C@@H]2O[C@@](SSC(C)(C)C)(C(=O)OC)C[C@H](OC(C)=O)[C@H]2NC(C)=O)C[C@H](OC(C)=O)[C@@H](NC(C)=O)[C@H]([C@@H](OC(C)=O)[C@H]2COC(C)(C)O2)O1. The molecule has 0 aromatic rings. The van der Waals surface area contributed by atoms with Gasteiger partial charge < -0.3 is 63.1 Å². The van der Waals surface area contributed by atoms with Gasteiger partial charge in [0.25, 0.3) is 0 Å². The summed E-state index contributed by atoms with van der Waals surface area (Å²) in [5.74, 6) is -8.36. The molecule has 3 aliphatic heterocycles. The minimum Gasteiger partial charge on any atom is -0.466 e. The number of ether oxygens (including phenoxy) is 10. The summed E-state index contributed by atoms with van der Waals surface area (Å²) in [5, 5.41) is 17.5. The largest absolute Gasteiger partial charge is 0.466 e. The van der Waals surface area contributed by atoms with Crippen molar-refractivity contribution in [2.75, 3.05) is 26.6 Å². The van der Waals surface area contributed by atoms with Crippen LogP contribution in [0.5, 0.6) is 0 Å². The average Bonchev–Trinajstić information content (AvgIpc) is 3.52. The zero-order valence-electron chi connectivity index (χ0n) is 37.6. The number of hydrogen-bond acceptors (Lipinski definition) is 22. The number of aliphatic hydroxyl groups excluding tert-OH is 1. The van der Waals surface area contributed by atoms with Crippen molar-refractivity contribution >= 4 is 81.0 Å². The summed E-state index contributed by atoms with van der Waals surface area (Å²) < 4.78 is 57.6. The van der Waals surface area contributed by atoms with Crippen molar-refractivity contribution in [2.24, 2.45) is 0 Å². The quantitative estimate of drug-likeness (QED) is 0.106. The Balaban J connectivity index is 2.23. The molecule has 24 heteroatoms. The van der Waals surface area contributed by atoms with Crippen molar-refractivity contribution in [1.29, 1.82) is 0 Å². The summed E-state index contributed by atoms with van der Waals surface area (Å²) >= 11 is 0.606. The second-order valence-electron chi connectivity index (χ2n) is 16.5. The number of thioether (sulfide) groups is 1. The summed E-state index contributed by atoms with van der Waals surface area (Å²) in [6, 6.07) is -2.63. The van der Waals surface area contributed by atoms with Crippen LogP contribution < -0.4 is 10.6 Å². The highest BCUT2D eigenvalue weighted by molar-refractivity contribution is 8.77. The molecule has 0 radical (unpaired) electrons. The highest BCUT2D eigenvalue weighted by Gasteiger charge is 2.61. The molecule has 2 amide bonds. The van der Waals surface area contributed by atoms with E-state index in [-0.39, 0.29) is 13.0 Å². The van der Waals surface area contributed by atoms with Gasteiger partial charge in [-0.05, 0) is 24.6 Å². The number of methoxy groups -OCH3 is 2. The van der Waals surface area contributed by atoms with E-state index in [9.17, 15) is 43.5 Å². The van der Waals surface area contributed by atoms with Gasteiger partial charge in [-0.3, -0.25) is 28.8 Å². The lowest BCUT2D eigenvalue weighted by atomic mass is 9.89. The summed E-state index contributed by atoms with van der Waals surface area (Å²) in [6.07, 6.45) is -12.9. The van der Waals surface area contributed by atoms with Gasteiger partial charge in [-0.15, -0.1) is 11.8 Å². The number of amides is 2. The topological polar surface area (TPSA) is 273 Å². The van der Waals surface area contributed by atoms with Crippen LogP contribution in [-0.4, -0.2) is 161 Å². The van der Waals surface area contributed by atoms with E-state index in [1.54, 1.807) is 13.8 Å². The number of esters is 6. The van der Waals surface area contributed by atoms with Crippen molar-refractivity contribution in [2.45, 2.75) is 170 Å². The van der Waals surface area contributed by atoms with Crippen LogP contribution in [0.4, 0.5) is 0 Å². The number of nitrogens with one attached hydrogen (secondary N) is 2. The Hall–Kier alpha value is -3.39. The summed E-state index contributed by atoms with van der Waals surface area (Å²) in [5.41, 5.74) is 0. The molecule has 3 fully saturated rings. The number of aliphatic hydroxyl groups is 1. The molecule has 3 rings (SSSR count). The smallest absolute Gasteiger partial charge is 0.349 e. The van der Waals surface area contributed by atoms with Gasteiger partial charge in [0.2, 0.25) is 21.7 Å². The monoisotopic (exact) mass is 956 g/mol. The normalized spacial score (nSPS) is 30.6. The number of rotatable bonds is 17. The van der Waals surface area contributed by atoms with Crippen LogP contribution in [-0.2, 0) is 85.7 Å². The summed E-state index contributed by atoms with van der Waals surface area (Å²) in [7, 11) is 4.32. The Bertz CT molecular complexity index is 1710. The lowest BCUT2D eigenvalue weighted by Crippen LogP contribution is -2.68. The predicted molar refractivity (Wildman–Crippen MR) is 224 cm³/mol. The molecule has 0 aromatic heterocycles. The first-order valence-corrected chi connectivity index (χ1v) is 23.0. The molecular weight excluding hydrogens is 897 g/mol. The lowest BCUT2D eigenvalue weighted by Gasteiger charge is -2.49. The third-order valence-electron chi connectivity index (χ3n) is 9.41. The minimum atomic E-state index is -2.25. The van der Waals surface area contributed by atoms with Crippen LogP contribution in [0.2, 0.25) is 0 Å². The molecule has 3 saturated heterocycles. The fourth-order valence-corrected chi connectivity index (χ4v) is 11.1. The maximum Gasteiger partial charge on any atom is 0.349 e. The van der Waals surface area contributed by atoms with Gasteiger partial charge in [0.05, 0.1) is 32.9 Å². The van der Waals surface area contributed by atoms with Crippen LogP contribution in [0, 0.1) is 0 Å². The number of carbonyl (C=O) groups excluding carboxylic acids is 8. The van der Waals surface area contributed by atoms with E-state index < -0.39 is 141 Å². The molecule has 3 aliphatic rings. The summed E-state index contributed by atoms with van der Waals surface area (Å²) in [6.45, 7) is 15.4. The van der Waals surface area contributed by atoms with E-state index in [0.29, 0.717) is 11.8 Å².